The molecule has 11 nitrogen and oxygen atoms in total. The molecular weight excluding hydrogens is 761 g/mol. The van der Waals surface area contributed by atoms with Gasteiger partial charge >= 0.3 is 12.1 Å². The van der Waals surface area contributed by atoms with Crippen LogP contribution in [0.2, 0.25) is 0 Å². The Kier molecular flexibility index (Phi) is 16.6. The molecule has 1 heterocycles. The van der Waals surface area contributed by atoms with E-state index in [0.29, 0.717) is 76.5 Å². The fraction of sp³-hybridized carbons (Fsp3) is 0.364. The summed E-state index contributed by atoms with van der Waals surface area (Å²) in [6, 6.07) is 29.8. The zero-order chi connectivity index (χ0) is 40.6. The van der Waals surface area contributed by atoms with Crippen LogP contribution in [0, 0.1) is 0 Å². The van der Waals surface area contributed by atoms with Gasteiger partial charge in [0.1, 0.15) is 11.5 Å². The number of carbonyl (C=O) groups excluding carboxylic acids is 4. The third-order valence-electron chi connectivity index (χ3n) is 9.52. The molecule has 1 N–H and O–H groups in total. The Morgan fingerprint density at radius 1 is 0.684 bits per heavy atom. The molecule has 0 aromatic heterocycles. The van der Waals surface area contributed by atoms with E-state index < -0.39 is 0 Å². The van der Waals surface area contributed by atoms with E-state index in [1.54, 1.807) is 88.6 Å². The largest absolute Gasteiger partial charge is 0.508 e. The van der Waals surface area contributed by atoms with Crippen LogP contribution in [0.25, 0.3) is 0 Å². The first-order chi connectivity index (χ1) is 27.6. The van der Waals surface area contributed by atoms with Crippen molar-refractivity contribution in [2.45, 2.75) is 55.5 Å². The van der Waals surface area contributed by atoms with Gasteiger partial charge in [0.25, 0.3) is 0 Å². The van der Waals surface area contributed by atoms with Gasteiger partial charge in [-0.3, -0.25) is 9.59 Å². The summed E-state index contributed by atoms with van der Waals surface area (Å²) in [7, 11) is 3.58. The Labute approximate surface area is 344 Å². The summed E-state index contributed by atoms with van der Waals surface area (Å²) in [4.78, 5) is 60.6. The lowest BCUT2D eigenvalue weighted by molar-refractivity contribution is -0.131. The fourth-order valence-electron chi connectivity index (χ4n) is 6.36. The van der Waals surface area contributed by atoms with Gasteiger partial charge in [-0.2, -0.15) is 0 Å². The van der Waals surface area contributed by atoms with Crippen molar-refractivity contribution in [2.24, 2.45) is 0 Å². The van der Waals surface area contributed by atoms with Crippen LogP contribution in [-0.2, 0) is 27.4 Å². The number of phenolic OH excluding ortho intramolecular Hbond substituents is 1. The number of phenols is 1. The Bertz CT molecular complexity index is 1940. The average Bonchev–Trinajstić information content (AvgIpc) is 3.22. The molecule has 57 heavy (non-hydrogen) atoms. The number of para-hydroxylation sites is 1. The summed E-state index contributed by atoms with van der Waals surface area (Å²) in [6.07, 6.45) is 1.92. The second-order valence-electron chi connectivity index (χ2n) is 13.7. The standard InChI is InChI=1S/C44H52N4O7S2/c1-4-54-43(52)39-13-7-5-11-33(39)31-45(2)41(50)15-9-30-57-38-23-19-36(20-24-38)55-44(53)48-27-25-47(26-28-48)40-14-8-6-12-34(40)32-46(3)42(51)16-10-29-56-37-21-17-35(49)18-22-37/h5-8,11-14,17-24,49H,4,9-10,15-16,25-32H2,1-3H3. The quantitative estimate of drug-likeness (QED) is 0.0603. The Hall–Kier alpha value is -5.14. The van der Waals surface area contributed by atoms with E-state index in [2.05, 4.69) is 17.0 Å². The number of ether oxygens (including phenoxy) is 2. The summed E-state index contributed by atoms with van der Waals surface area (Å²) in [5.41, 5.74) is 3.36. The number of amides is 3. The number of anilines is 1. The monoisotopic (exact) mass is 812 g/mol. The summed E-state index contributed by atoms with van der Waals surface area (Å²) in [6.45, 7) is 5.21. The number of thioether (sulfide) groups is 2. The number of piperazine rings is 1. The average molecular weight is 813 g/mol. The zero-order valence-corrected chi connectivity index (χ0v) is 34.6. The number of carbonyl (C=O) groups is 4. The lowest BCUT2D eigenvalue weighted by atomic mass is 10.1. The van der Waals surface area contributed by atoms with E-state index in [1.807, 2.05) is 55.6 Å². The van der Waals surface area contributed by atoms with Gasteiger partial charge in [0.15, 0.2) is 0 Å². The van der Waals surface area contributed by atoms with Gasteiger partial charge in [-0.15, -0.1) is 23.5 Å². The molecule has 0 atom stereocenters. The number of hydrogen-bond acceptors (Lipinski definition) is 10. The van der Waals surface area contributed by atoms with Crippen LogP contribution in [0.4, 0.5) is 10.5 Å². The van der Waals surface area contributed by atoms with E-state index in [9.17, 15) is 24.3 Å². The van der Waals surface area contributed by atoms with Crippen molar-refractivity contribution in [1.29, 1.82) is 0 Å². The molecule has 4 aromatic carbocycles. The molecule has 1 saturated heterocycles. The Morgan fingerprint density at radius 2 is 1.21 bits per heavy atom. The number of nitrogens with zero attached hydrogens (tertiary/aromatic N) is 4. The molecule has 0 radical (unpaired) electrons. The minimum Gasteiger partial charge on any atom is -0.508 e. The highest BCUT2D eigenvalue weighted by Crippen LogP contribution is 2.26. The number of esters is 1. The van der Waals surface area contributed by atoms with Gasteiger partial charge < -0.3 is 34.2 Å². The molecule has 0 saturated carbocycles. The zero-order valence-electron chi connectivity index (χ0n) is 32.9. The normalized spacial score (nSPS) is 12.5. The molecule has 13 heteroatoms. The predicted octanol–water partition coefficient (Wildman–Crippen LogP) is 7.95. The summed E-state index contributed by atoms with van der Waals surface area (Å²) < 4.78 is 10.9. The summed E-state index contributed by atoms with van der Waals surface area (Å²) >= 11 is 3.31. The first-order valence-electron chi connectivity index (χ1n) is 19.3. The molecule has 302 valence electrons. The second-order valence-corrected chi connectivity index (χ2v) is 16.1. The third-order valence-corrected chi connectivity index (χ3v) is 11.7. The van der Waals surface area contributed by atoms with Gasteiger partial charge in [0, 0.05) is 81.7 Å². The Morgan fingerprint density at radius 3 is 1.81 bits per heavy atom. The van der Waals surface area contributed by atoms with E-state index in [0.717, 1.165) is 44.5 Å². The topological polar surface area (TPSA) is 120 Å². The lowest BCUT2D eigenvalue weighted by Gasteiger charge is -2.36. The van der Waals surface area contributed by atoms with Gasteiger partial charge in [-0.1, -0.05) is 36.4 Å². The molecule has 5 rings (SSSR count). The van der Waals surface area contributed by atoms with Crippen LogP contribution in [0.5, 0.6) is 11.5 Å². The predicted molar refractivity (Wildman–Crippen MR) is 226 cm³/mol. The highest BCUT2D eigenvalue weighted by Gasteiger charge is 2.25. The van der Waals surface area contributed by atoms with Crippen molar-refractivity contribution in [2.75, 3.05) is 63.3 Å². The highest BCUT2D eigenvalue weighted by atomic mass is 32.2. The minimum atomic E-state index is -0.385. The molecule has 0 bridgehead atoms. The molecule has 3 amide bonds. The maximum atomic E-state index is 13.1. The van der Waals surface area contributed by atoms with Crippen molar-refractivity contribution in [3.63, 3.8) is 0 Å². The van der Waals surface area contributed by atoms with Gasteiger partial charge in [0.05, 0.1) is 12.2 Å². The second kappa shape index (κ2) is 22.0. The molecule has 1 aliphatic heterocycles. The molecule has 0 unspecified atom stereocenters. The fourth-order valence-corrected chi connectivity index (χ4v) is 8.06. The number of rotatable bonds is 18. The maximum absolute atomic E-state index is 13.1. The first kappa shape index (κ1) is 43.0. The van der Waals surface area contributed by atoms with E-state index in [-0.39, 0.29) is 29.6 Å². The molecule has 0 aliphatic carbocycles. The number of aromatic hydroxyl groups is 1. The SMILES string of the molecule is CCOC(=O)c1ccccc1CN(C)C(=O)CCCSc1ccc(OC(=O)N2CCN(c3ccccc3CN(C)C(=O)CCCSc3ccc(O)cc3)CC2)cc1. The lowest BCUT2D eigenvalue weighted by Crippen LogP contribution is -2.50. The summed E-state index contributed by atoms with van der Waals surface area (Å²) in [5.74, 6) is 2.01. The summed E-state index contributed by atoms with van der Waals surface area (Å²) in [5, 5.41) is 9.46. The minimum absolute atomic E-state index is 0.00570. The molecule has 4 aromatic rings. The molecule has 1 fully saturated rings. The number of benzene rings is 4. The van der Waals surface area contributed by atoms with Crippen LogP contribution in [0.1, 0.15) is 54.1 Å². The van der Waals surface area contributed by atoms with E-state index in [1.165, 1.54) is 0 Å². The highest BCUT2D eigenvalue weighted by molar-refractivity contribution is 7.99. The number of hydrogen-bond donors (Lipinski definition) is 1. The van der Waals surface area contributed by atoms with Crippen LogP contribution in [0.3, 0.4) is 0 Å². The molecule has 0 spiro atoms. The van der Waals surface area contributed by atoms with Gasteiger partial charge in [0.2, 0.25) is 11.8 Å². The molecular formula is C44H52N4O7S2. The van der Waals surface area contributed by atoms with Gasteiger partial charge in [-0.05, 0) is 103 Å². The van der Waals surface area contributed by atoms with Crippen LogP contribution in [0.15, 0.2) is 107 Å². The van der Waals surface area contributed by atoms with E-state index in [4.69, 9.17) is 9.47 Å². The Balaban J connectivity index is 0.996. The van der Waals surface area contributed by atoms with Crippen molar-refractivity contribution < 1.29 is 33.8 Å². The first-order valence-corrected chi connectivity index (χ1v) is 21.3. The van der Waals surface area contributed by atoms with Crippen molar-refractivity contribution in [3.8, 4) is 11.5 Å². The van der Waals surface area contributed by atoms with Crippen LogP contribution >= 0.6 is 23.5 Å². The third kappa shape index (κ3) is 13.2. The smallest absolute Gasteiger partial charge is 0.415 e. The van der Waals surface area contributed by atoms with Crippen molar-refractivity contribution in [3.05, 3.63) is 114 Å². The maximum Gasteiger partial charge on any atom is 0.415 e. The van der Waals surface area contributed by atoms with Crippen molar-refractivity contribution in [1.82, 2.24) is 14.7 Å². The van der Waals surface area contributed by atoms with Crippen LogP contribution in [-0.4, -0.2) is 102 Å². The molecule has 1 aliphatic rings. The van der Waals surface area contributed by atoms with Gasteiger partial charge in [-0.25, -0.2) is 9.59 Å². The van der Waals surface area contributed by atoms with E-state index >= 15 is 0 Å². The van der Waals surface area contributed by atoms with Crippen LogP contribution < -0.4 is 9.64 Å². The van der Waals surface area contributed by atoms with Crippen molar-refractivity contribution >= 4 is 53.1 Å².